The highest BCUT2D eigenvalue weighted by Gasteiger charge is 2.14. The summed E-state index contributed by atoms with van der Waals surface area (Å²) in [6.07, 6.45) is 0.746. The molecule has 0 spiro atoms. The van der Waals surface area contributed by atoms with Crippen molar-refractivity contribution in [3.63, 3.8) is 0 Å². The minimum Gasteiger partial charge on any atom is -0.339 e. The van der Waals surface area contributed by atoms with Gasteiger partial charge in [0.25, 0.3) is 0 Å². The quantitative estimate of drug-likeness (QED) is 0.828. The average Bonchev–Trinajstić information content (AvgIpc) is 2.75. The molecule has 1 heterocycles. The second kappa shape index (κ2) is 6.31. The fourth-order valence-corrected chi connectivity index (χ4v) is 2.49. The maximum Gasteiger partial charge on any atom is 0.234 e. The van der Waals surface area contributed by atoms with Gasteiger partial charge in [0.2, 0.25) is 11.7 Å². The molecule has 0 saturated heterocycles. The molecule has 0 aliphatic carbocycles. The van der Waals surface area contributed by atoms with E-state index in [0.717, 1.165) is 15.6 Å². The monoisotopic (exact) mass is 336 g/mol. The molecule has 0 bridgehead atoms. The fourth-order valence-electron chi connectivity index (χ4n) is 2.01. The lowest BCUT2D eigenvalue weighted by atomic mass is 10.1. The summed E-state index contributed by atoms with van der Waals surface area (Å²) >= 11 is 3.42. The maximum absolute atomic E-state index is 11.7. The summed E-state index contributed by atoms with van der Waals surface area (Å²) < 4.78 is 6.17. The Morgan fingerprint density at radius 3 is 2.80 bits per heavy atom. The molecule has 2 aromatic rings. The Bertz CT molecular complexity index is 620. The van der Waals surface area contributed by atoms with Crippen LogP contribution in [0.15, 0.2) is 27.2 Å². The van der Waals surface area contributed by atoms with E-state index in [1.165, 1.54) is 0 Å². The third-order valence-corrected chi connectivity index (χ3v) is 3.38. The van der Waals surface area contributed by atoms with E-state index in [1.54, 1.807) is 0 Å². The summed E-state index contributed by atoms with van der Waals surface area (Å²) in [5.74, 6) is 1.39. The molecule has 0 amide bonds. The molecule has 1 aromatic heterocycles. The van der Waals surface area contributed by atoms with E-state index < -0.39 is 0 Å². The van der Waals surface area contributed by atoms with Gasteiger partial charge in [-0.3, -0.25) is 4.79 Å². The Morgan fingerprint density at radius 1 is 1.40 bits per heavy atom. The van der Waals surface area contributed by atoms with Crippen LogP contribution in [-0.2, 0) is 11.2 Å². The van der Waals surface area contributed by atoms with Crippen LogP contribution in [-0.4, -0.2) is 15.9 Å². The van der Waals surface area contributed by atoms with E-state index in [9.17, 15) is 4.79 Å². The number of hydrogen-bond donors (Lipinski definition) is 0. The van der Waals surface area contributed by atoms with Gasteiger partial charge in [0.15, 0.2) is 0 Å². The molecule has 0 aliphatic heterocycles. The highest BCUT2D eigenvalue weighted by molar-refractivity contribution is 9.10. The van der Waals surface area contributed by atoms with Crippen molar-refractivity contribution in [1.29, 1.82) is 0 Å². The number of rotatable bonds is 5. The van der Waals surface area contributed by atoms with Crippen LogP contribution < -0.4 is 0 Å². The minimum absolute atomic E-state index is 0.128. The summed E-state index contributed by atoms with van der Waals surface area (Å²) in [7, 11) is 0. The number of halogens is 1. The highest BCUT2D eigenvalue weighted by atomic mass is 79.9. The Labute approximate surface area is 126 Å². The molecule has 0 radical (unpaired) electrons. The Morgan fingerprint density at radius 2 is 2.15 bits per heavy atom. The van der Waals surface area contributed by atoms with Gasteiger partial charge in [-0.2, -0.15) is 4.98 Å². The van der Waals surface area contributed by atoms with Crippen molar-refractivity contribution in [3.05, 3.63) is 34.1 Å². The van der Waals surface area contributed by atoms with Gasteiger partial charge in [-0.15, -0.1) is 0 Å². The van der Waals surface area contributed by atoms with Crippen LogP contribution in [0.2, 0.25) is 0 Å². The van der Waals surface area contributed by atoms with Gasteiger partial charge in [0.1, 0.15) is 5.78 Å². The first-order chi connectivity index (χ1) is 9.45. The second-order valence-electron chi connectivity index (χ2n) is 5.28. The largest absolute Gasteiger partial charge is 0.339 e. The number of hydrogen-bond acceptors (Lipinski definition) is 4. The molecule has 0 atom stereocenters. The van der Waals surface area contributed by atoms with Gasteiger partial charge in [-0.25, -0.2) is 0 Å². The highest BCUT2D eigenvalue weighted by Crippen LogP contribution is 2.24. The van der Waals surface area contributed by atoms with Crippen molar-refractivity contribution in [2.24, 2.45) is 5.92 Å². The standard InChI is InChI=1S/C15H17BrN2O2/c1-9(2)6-12(19)8-14-17-15(18-20-14)13-5-4-11(16)7-10(13)3/h4-5,7,9H,6,8H2,1-3H3. The topological polar surface area (TPSA) is 56.0 Å². The molecule has 2 rings (SSSR count). The number of ketones is 1. The van der Waals surface area contributed by atoms with Gasteiger partial charge >= 0.3 is 0 Å². The van der Waals surface area contributed by atoms with E-state index in [1.807, 2.05) is 39.0 Å². The number of nitrogens with zero attached hydrogens (tertiary/aromatic N) is 2. The van der Waals surface area contributed by atoms with E-state index in [0.29, 0.717) is 24.1 Å². The first-order valence-electron chi connectivity index (χ1n) is 6.56. The zero-order valence-corrected chi connectivity index (χ0v) is 13.4. The van der Waals surface area contributed by atoms with Crippen molar-refractivity contribution in [2.75, 3.05) is 0 Å². The second-order valence-corrected chi connectivity index (χ2v) is 6.20. The number of benzene rings is 1. The normalized spacial score (nSPS) is 11.1. The van der Waals surface area contributed by atoms with Crippen LogP contribution in [0, 0.1) is 12.8 Å². The molecule has 0 N–H and O–H groups in total. The molecule has 5 heteroatoms. The number of aromatic nitrogens is 2. The Balaban J connectivity index is 2.14. The molecule has 0 saturated carbocycles. The zero-order valence-electron chi connectivity index (χ0n) is 11.8. The Kier molecular flexibility index (Phi) is 4.70. The molecule has 4 nitrogen and oxygen atoms in total. The van der Waals surface area contributed by atoms with Gasteiger partial charge < -0.3 is 4.52 Å². The number of Topliss-reactive ketones (excluding diaryl/α,β-unsaturated/α-hetero) is 1. The van der Waals surface area contributed by atoms with Gasteiger partial charge in [-0.1, -0.05) is 34.9 Å². The van der Waals surface area contributed by atoms with Crippen LogP contribution in [0.1, 0.15) is 31.7 Å². The summed E-state index contributed by atoms with van der Waals surface area (Å²) in [5, 5.41) is 3.96. The van der Waals surface area contributed by atoms with Crippen molar-refractivity contribution in [1.82, 2.24) is 10.1 Å². The van der Waals surface area contributed by atoms with Gasteiger partial charge in [0, 0.05) is 16.5 Å². The third-order valence-electron chi connectivity index (χ3n) is 2.88. The lowest BCUT2D eigenvalue weighted by Gasteiger charge is -2.01. The SMILES string of the molecule is Cc1cc(Br)ccc1-c1noc(CC(=O)CC(C)C)n1. The van der Waals surface area contributed by atoms with Crippen LogP contribution in [0.3, 0.4) is 0 Å². The molecular formula is C15H17BrN2O2. The molecule has 106 valence electrons. The minimum atomic E-state index is 0.128. The maximum atomic E-state index is 11.7. The number of aryl methyl sites for hydroxylation is 1. The van der Waals surface area contributed by atoms with Crippen LogP contribution in [0.25, 0.3) is 11.4 Å². The van der Waals surface area contributed by atoms with Crippen LogP contribution in [0.4, 0.5) is 0 Å². The zero-order chi connectivity index (χ0) is 14.7. The molecule has 0 fully saturated rings. The summed E-state index contributed by atoms with van der Waals surface area (Å²) in [6.45, 7) is 6.02. The molecular weight excluding hydrogens is 320 g/mol. The summed E-state index contributed by atoms with van der Waals surface area (Å²) in [5.41, 5.74) is 1.97. The van der Waals surface area contributed by atoms with E-state index in [2.05, 4.69) is 26.1 Å². The first kappa shape index (κ1) is 14.9. The lowest BCUT2D eigenvalue weighted by Crippen LogP contribution is -2.06. The molecule has 1 aromatic carbocycles. The van der Waals surface area contributed by atoms with Crippen LogP contribution in [0.5, 0.6) is 0 Å². The lowest BCUT2D eigenvalue weighted by molar-refractivity contribution is -0.119. The van der Waals surface area contributed by atoms with E-state index >= 15 is 0 Å². The third kappa shape index (κ3) is 3.76. The Hall–Kier alpha value is -1.49. The van der Waals surface area contributed by atoms with Crippen molar-refractivity contribution in [3.8, 4) is 11.4 Å². The van der Waals surface area contributed by atoms with Crippen molar-refractivity contribution < 1.29 is 9.32 Å². The molecule has 0 aliphatic rings. The van der Waals surface area contributed by atoms with Gasteiger partial charge in [0.05, 0.1) is 6.42 Å². The van der Waals surface area contributed by atoms with Crippen molar-refractivity contribution in [2.45, 2.75) is 33.6 Å². The average molecular weight is 337 g/mol. The van der Waals surface area contributed by atoms with E-state index in [-0.39, 0.29) is 12.2 Å². The van der Waals surface area contributed by atoms with Gasteiger partial charge in [-0.05, 0) is 36.6 Å². The number of carbonyl (C=O) groups excluding carboxylic acids is 1. The fraction of sp³-hybridized carbons (Fsp3) is 0.400. The van der Waals surface area contributed by atoms with Crippen molar-refractivity contribution >= 4 is 21.7 Å². The molecule has 20 heavy (non-hydrogen) atoms. The summed E-state index contributed by atoms with van der Waals surface area (Å²) in [6, 6.07) is 5.86. The van der Waals surface area contributed by atoms with Crippen LogP contribution >= 0.6 is 15.9 Å². The molecule has 0 unspecified atom stereocenters. The predicted molar refractivity (Wildman–Crippen MR) is 80.3 cm³/mol. The predicted octanol–water partition coefficient (Wildman–Crippen LogP) is 3.97. The van der Waals surface area contributed by atoms with E-state index in [4.69, 9.17) is 4.52 Å². The first-order valence-corrected chi connectivity index (χ1v) is 7.36. The smallest absolute Gasteiger partial charge is 0.234 e. The number of carbonyl (C=O) groups is 1. The summed E-state index contributed by atoms with van der Waals surface area (Å²) in [4.78, 5) is 16.1.